The summed E-state index contributed by atoms with van der Waals surface area (Å²) in [6.45, 7) is 2.41. The van der Waals surface area contributed by atoms with Crippen LogP contribution in [0.2, 0.25) is 5.15 Å². The van der Waals surface area contributed by atoms with Crippen molar-refractivity contribution in [3.05, 3.63) is 58.9 Å². The van der Waals surface area contributed by atoms with Crippen LogP contribution in [-0.2, 0) is 4.74 Å². The third kappa shape index (κ3) is 4.65. The van der Waals surface area contributed by atoms with Crippen LogP contribution in [0, 0.1) is 0 Å². The van der Waals surface area contributed by atoms with Gasteiger partial charge < -0.3 is 15.4 Å². The number of amides is 1. The summed E-state index contributed by atoms with van der Waals surface area (Å²) in [4.78, 5) is 16.0. The summed E-state index contributed by atoms with van der Waals surface area (Å²) in [5.74, 6) is -0.215. The number of anilines is 1. The number of aromatic nitrogens is 1. The van der Waals surface area contributed by atoms with Gasteiger partial charge in [0, 0.05) is 25.0 Å². The Balaban J connectivity index is 0.00000192. The van der Waals surface area contributed by atoms with Crippen molar-refractivity contribution in [1.82, 2.24) is 10.3 Å². The monoisotopic (exact) mass is 353 g/mol. The molecule has 2 N–H and O–H groups in total. The smallest absolute Gasteiger partial charge is 0.257 e. The fourth-order valence-electron chi connectivity index (χ4n) is 2.27. The lowest BCUT2D eigenvalue weighted by Crippen LogP contribution is -2.33. The van der Waals surface area contributed by atoms with Crippen LogP contribution < -0.4 is 10.6 Å². The molecule has 1 aromatic carbocycles. The molecule has 1 aliphatic rings. The summed E-state index contributed by atoms with van der Waals surface area (Å²) >= 11 is 5.71. The van der Waals surface area contributed by atoms with E-state index in [1.165, 1.54) is 6.20 Å². The number of nitrogens with one attached hydrogen (secondary N) is 2. The fourth-order valence-corrected chi connectivity index (χ4v) is 2.39. The molecule has 0 bridgehead atoms. The second kappa shape index (κ2) is 8.26. The van der Waals surface area contributed by atoms with Gasteiger partial charge in [0.1, 0.15) is 5.15 Å². The molecule has 2 aromatic rings. The van der Waals surface area contributed by atoms with E-state index in [1.54, 1.807) is 12.1 Å². The summed E-state index contributed by atoms with van der Waals surface area (Å²) in [7, 11) is 0. The number of nitrogens with zero attached hydrogens (tertiary/aromatic N) is 1. The van der Waals surface area contributed by atoms with Gasteiger partial charge in [-0.3, -0.25) is 4.79 Å². The zero-order valence-electron chi connectivity index (χ0n) is 12.3. The molecule has 23 heavy (non-hydrogen) atoms. The van der Waals surface area contributed by atoms with Crippen LogP contribution >= 0.6 is 24.0 Å². The summed E-state index contributed by atoms with van der Waals surface area (Å²) in [6, 6.07) is 10.9. The highest BCUT2D eigenvalue weighted by Crippen LogP contribution is 2.21. The second-order valence-corrected chi connectivity index (χ2v) is 5.40. The molecule has 1 aliphatic heterocycles. The van der Waals surface area contributed by atoms with E-state index in [0.29, 0.717) is 17.3 Å². The Kier molecular flexibility index (Phi) is 6.36. The number of pyridine rings is 1. The van der Waals surface area contributed by atoms with Crippen LogP contribution in [0.1, 0.15) is 22.0 Å². The van der Waals surface area contributed by atoms with E-state index < -0.39 is 0 Å². The Morgan fingerprint density at radius 3 is 2.65 bits per heavy atom. The molecule has 0 radical (unpaired) electrons. The molecule has 2 heterocycles. The van der Waals surface area contributed by atoms with Crippen LogP contribution in [0.4, 0.5) is 5.69 Å². The molecular formula is C16H17Cl2N3O2. The maximum atomic E-state index is 12.1. The number of halogens is 2. The van der Waals surface area contributed by atoms with E-state index in [2.05, 4.69) is 15.6 Å². The van der Waals surface area contributed by atoms with Crippen LogP contribution in [0.5, 0.6) is 0 Å². The number of carbonyl (C=O) groups is 1. The van der Waals surface area contributed by atoms with Gasteiger partial charge in [0.25, 0.3) is 5.91 Å². The van der Waals surface area contributed by atoms with E-state index in [4.69, 9.17) is 16.3 Å². The van der Waals surface area contributed by atoms with Gasteiger partial charge in [-0.15, -0.1) is 12.4 Å². The van der Waals surface area contributed by atoms with E-state index in [9.17, 15) is 4.79 Å². The average Bonchev–Trinajstić information content (AvgIpc) is 2.57. The van der Waals surface area contributed by atoms with Crippen molar-refractivity contribution in [2.75, 3.05) is 25.0 Å². The third-order valence-corrected chi connectivity index (χ3v) is 3.68. The lowest BCUT2D eigenvalue weighted by atomic mass is 10.1. The molecule has 0 aliphatic carbocycles. The van der Waals surface area contributed by atoms with Crippen molar-refractivity contribution in [2.45, 2.75) is 6.10 Å². The molecule has 1 amide bonds. The number of ether oxygens (including phenoxy) is 1. The highest BCUT2D eigenvalue weighted by atomic mass is 35.5. The SMILES string of the molecule is Cl.O=C(Nc1ccc(C2CNCCO2)cc1)c1ccc(Cl)nc1. The van der Waals surface area contributed by atoms with E-state index in [0.717, 1.165) is 24.3 Å². The van der Waals surface area contributed by atoms with Crippen molar-refractivity contribution in [3.63, 3.8) is 0 Å². The van der Waals surface area contributed by atoms with E-state index in [1.807, 2.05) is 24.3 Å². The lowest BCUT2D eigenvalue weighted by Gasteiger charge is -2.24. The second-order valence-electron chi connectivity index (χ2n) is 5.01. The van der Waals surface area contributed by atoms with Gasteiger partial charge in [0.2, 0.25) is 0 Å². The highest BCUT2D eigenvalue weighted by Gasteiger charge is 2.15. The van der Waals surface area contributed by atoms with Gasteiger partial charge >= 0.3 is 0 Å². The minimum Gasteiger partial charge on any atom is -0.371 e. The predicted octanol–water partition coefficient (Wildman–Crippen LogP) is 3.07. The van der Waals surface area contributed by atoms with Crippen LogP contribution in [0.15, 0.2) is 42.6 Å². The van der Waals surface area contributed by atoms with Crippen molar-refractivity contribution in [2.24, 2.45) is 0 Å². The van der Waals surface area contributed by atoms with Crippen molar-refractivity contribution in [3.8, 4) is 0 Å². The molecular weight excluding hydrogens is 337 g/mol. The van der Waals surface area contributed by atoms with Crippen LogP contribution in [-0.4, -0.2) is 30.6 Å². The summed E-state index contributed by atoms with van der Waals surface area (Å²) < 4.78 is 5.69. The number of hydrogen-bond acceptors (Lipinski definition) is 4. The van der Waals surface area contributed by atoms with Crippen molar-refractivity contribution in [1.29, 1.82) is 0 Å². The number of hydrogen-bond donors (Lipinski definition) is 2. The molecule has 5 nitrogen and oxygen atoms in total. The molecule has 7 heteroatoms. The summed E-state index contributed by atoms with van der Waals surface area (Å²) in [6.07, 6.45) is 1.52. The maximum absolute atomic E-state index is 12.1. The topological polar surface area (TPSA) is 63.2 Å². The summed E-state index contributed by atoms with van der Waals surface area (Å²) in [5.41, 5.74) is 2.29. The largest absolute Gasteiger partial charge is 0.371 e. The van der Waals surface area contributed by atoms with E-state index in [-0.39, 0.29) is 24.4 Å². The van der Waals surface area contributed by atoms with Gasteiger partial charge in [0.15, 0.2) is 0 Å². The van der Waals surface area contributed by atoms with Crippen LogP contribution in [0.25, 0.3) is 0 Å². The first-order chi connectivity index (χ1) is 10.7. The maximum Gasteiger partial charge on any atom is 0.257 e. The van der Waals surface area contributed by atoms with Crippen molar-refractivity contribution >= 4 is 35.6 Å². The minimum absolute atomic E-state index is 0. The van der Waals surface area contributed by atoms with Gasteiger partial charge in [0.05, 0.1) is 18.3 Å². The molecule has 3 rings (SSSR count). The quantitative estimate of drug-likeness (QED) is 0.832. The zero-order valence-corrected chi connectivity index (χ0v) is 13.9. The van der Waals surface area contributed by atoms with Crippen molar-refractivity contribution < 1.29 is 9.53 Å². The number of benzene rings is 1. The fraction of sp³-hybridized carbons (Fsp3) is 0.250. The average molecular weight is 354 g/mol. The first kappa shape index (κ1) is 17.7. The Bertz CT molecular complexity index is 641. The Labute approximate surface area is 145 Å². The standard InChI is InChI=1S/C16H16ClN3O2.ClH/c17-15-6-3-12(9-19-15)16(21)20-13-4-1-11(2-5-13)14-10-18-7-8-22-14;/h1-6,9,14,18H,7-8,10H2,(H,20,21);1H. The number of rotatable bonds is 3. The summed E-state index contributed by atoms with van der Waals surface area (Å²) in [5, 5.41) is 6.49. The molecule has 122 valence electrons. The molecule has 0 saturated carbocycles. The Morgan fingerprint density at radius 1 is 1.26 bits per heavy atom. The number of morpholine rings is 1. The van der Waals surface area contributed by atoms with Gasteiger partial charge in [-0.1, -0.05) is 23.7 Å². The third-order valence-electron chi connectivity index (χ3n) is 3.46. The van der Waals surface area contributed by atoms with E-state index >= 15 is 0 Å². The van der Waals surface area contributed by atoms with Gasteiger partial charge in [-0.2, -0.15) is 0 Å². The Hall–Kier alpha value is -1.66. The zero-order chi connectivity index (χ0) is 15.4. The first-order valence-electron chi connectivity index (χ1n) is 7.07. The minimum atomic E-state index is -0.215. The molecule has 0 spiro atoms. The molecule has 1 unspecified atom stereocenters. The molecule has 1 fully saturated rings. The molecule has 1 aromatic heterocycles. The molecule has 1 atom stereocenters. The normalized spacial score (nSPS) is 17.2. The first-order valence-corrected chi connectivity index (χ1v) is 7.45. The highest BCUT2D eigenvalue weighted by molar-refractivity contribution is 6.29. The number of carbonyl (C=O) groups excluding carboxylic acids is 1. The van der Waals surface area contributed by atoms with Gasteiger partial charge in [-0.25, -0.2) is 4.98 Å². The lowest BCUT2D eigenvalue weighted by molar-refractivity contribution is 0.0277. The molecule has 1 saturated heterocycles. The Morgan fingerprint density at radius 2 is 2.04 bits per heavy atom. The predicted molar refractivity (Wildman–Crippen MR) is 92.5 cm³/mol. The van der Waals surface area contributed by atoms with Gasteiger partial charge in [-0.05, 0) is 29.8 Å². The van der Waals surface area contributed by atoms with Crippen LogP contribution in [0.3, 0.4) is 0 Å².